The van der Waals surface area contributed by atoms with Crippen LogP contribution in [0, 0.1) is 18.3 Å². The molecule has 94 valence electrons. The summed E-state index contributed by atoms with van der Waals surface area (Å²) in [5.74, 6) is 2.58. The molecule has 0 amide bonds. The minimum Gasteiger partial charge on any atom is -0.416 e. The van der Waals surface area contributed by atoms with Gasteiger partial charge in [-0.15, -0.1) is 12.3 Å². The molecular formula is C13H26O2Si. The Balaban J connectivity index is 4.21. The van der Waals surface area contributed by atoms with E-state index in [1.54, 1.807) is 0 Å². The molecule has 2 atom stereocenters. The summed E-state index contributed by atoms with van der Waals surface area (Å²) in [6.45, 7) is 13.6. The summed E-state index contributed by atoms with van der Waals surface area (Å²) in [6.07, 6.45) is 5.13. The van der Waals surface area contributed by atoms with Crippen LogP contribution < -0.4 is 0 Å². The Morgan fingerprint density at radius 1 is 1.38 bits per heavy atom. The molecule has 0 fully saturated rings. The first-order valence-electron chi connectivity index (χ1n) is 5.87. The highest BCUT2D eigenvalue weighted by molar-refractivity contribution is 6.74. The van der Waals surface area contributed by atoms with Crippen LogP contribution in [0.1, 0.15) is 34.1 Å². The predicted molar refractivity (Wildman–Crippen MR) is 71.8 cm³/mol. The van der Waals surface area contributed by atoms with Crippen LogP contribution in [-0.4, -0.2) is 26.1 Å². The van der Waals surface area contributed by atoms with E-state index in [4.69, 9.17) is 10.8 Å². The van der Waals surface area contributed by atoms with Crippen LogP contribution in [0.15, 0.2) is 0 Å². The number of aliphatic hydroxyl groups is 1. The molecule has 1 unspecified atom stereocenters. The molecule has 0 aliphatic rings. The van der Waals surface area contributed by atoms with Gasteiger partial charge in [0.05, 0.1) is 6.10 Å². The van der Waals surface area contributed by atoms with Crippen molar-refractivity contribution in [2.24, 2.45) is 5.92 Å². The Hall–Kier alpha value is -0.303. The molecule has 0 aliphatic heterocycles. The maximum atomic E-state index is 9.71. The van der Waals surface area contributed by atoms with Gasteiger partial charge in [-0.05, 0) is 18.1 Å². The first kappa shape index (κ1) is 15.7. The highest BCUT2D eigenvalue weighted by atomic mass is 28.4. The Kier molecular flexibility index (Phi) is 5.75. The van der Waals surface area contributed by atoms with Crippen LogP contribution >= 0.6 is 0 Å². The summed E-state index contributed by atoms with van der Waals surface area (Å²) < 4.78 is 6.03. The molecule has 16 heavy (non-hydrogen) atoms. The summed E-state index contributed by atoms with van der Waals surface area (Å²) in [4.78, 5) is 0. The lowest BCUT2D eigenvalue weighted by atomic mass is 10.0. The van der Waals surface area contributed by atoms with Crippen LogP contribution in [0.2, 0.25) is 18.1 Å². The number of terminal acetylenes is 1. The molecule has 2 nitrogen and oxygen atoms in total. The van der Waals surface area contributed by atoms with Gasteiger partial charge in [0, 0.05) is 18.9 Å². The van der Waals surface area contributed by atoms with Crippen LogP contribution in [0.4, 0.5) is 0 Å². The third-order valence-electron chi connectivity index (χ3n) is 3.50. The topological polar surface area (TPSA) is 29.5 Å². The summed E-state index contributed by atoms with van der Waals surface area (Å²) in [5.41, 5.74) is 0. The Labute approximate surface area is 102 Å². The van der Waals surface area contributed by atoms with E-state index in [0.717, 1.165) is 0 Å². The maximum absolute atomic E-state index is 9.71. The zero-order valence-corrected chi connectivity index (χ0v) is 12.5. The molecular weight excluding hydrogens is 216 g/mol. The van der Waals surface area contributed by atoms with E-state index in [9.17, 15) is 5.11 Å². The van der Waals surface area contributed by atoms with Crippen molar-refractivity contribution in [1.82, 2.24) is 0 Å². The maximum Gasteiger partial charge on any atom is 0.191 e. The Bertz CT molecular complexity index is 248. The normalized spacial score (nSPS) is 16.6. The van der Waals surface area contributed by atoms with Crippen molar-refractivity contribution in [1.29, 1.82) is 0 Å². The van der Waals surface area contributed by atoms with Gasteiger partial charge in [0.15, 0.2) is 8.32 Å². The monoisotopic (exact) mass is 242 g/mol. The van der Waals surface area contributed by atoms with Gasteiger partial charge in [-0.2, -0.15) is 0 Å². The van der Waals surface area contributed by atoms with E-state index in [1.807, 2.05) is 6.92 Å². The van der Waals surface area contributed by atoms with Gasteiger partial charge in [-0.25, -0.2) is 0 Å². The fourth-order valence-corrected chi connectivity index (χ4v) is 2.10. The summed E-state index contributed by atoms with van der Waals surface area (Å²) in [6, 6.07) is 0. The highest BCUT2D eigenvalue weighted by Crippen LogP contribution is 2.36. The molecule has 0 aromatic heterocycles. The van der Waals surface area contributed by atoms with Crippen molar-refractivity contribution in [2.45, 2.75) is 58.4 Å². The second-order valence-corrected chi connectivity index (χ2v) is 10.8. The quantitative estimate of drug-likeness (QED) is 0.593. The molecule has 0 aliphatic carbocycles. The lowest BCUT2D eigenvalue weighted by Crippen LogP contribution is -2.42. The third-order valence-corrected chi connectivity index (χ3v) is 8.00. The smallest absolute Gasteiger partial charge is 0.191 e. The number of hydrogen-bond donors (Lipinski definition) is 1. The molecule has 0 aromatic rings. The third kappa shape index (κ3) is 4.69. The van der Waals surface area contributed by atoms with E-state index in [2.05, 4.69) is 39.8 Å². The molecule has 0 spiro atoms. The second kappa shape index (κ2) is 5.86. The molecule has 0 saturated carbocycles. The molecule has 0 radical (unpaired) electrons. The Morgan fingerprint density at radius 3 is 2.25 bits per heavy atom. The first-order valence-corrected chi connectivity index (χ1v) is 8.78. The number of aliphatic hydroxyl groups excluding tert-OH is 1. The lowest BCUT2D eigenvalue weighted by molar-refractivity contribution is 0.0841. The minimum atomic E-state index is -1.70. The van der Waals surface area contributed by atoms with Gasteiger partial charge in [-0.3, -0.25) is 0 Å². The van der Waals surface area contributed by atoms with Crippen LogP contribution in [0.3, 0.4) is 0 Å². The van der Waals surface area contributed by atoms with Gasteiger partial charge in [-0.1, -0.05) is 27.7 Å². The van der Waals surface area contributed by atoms with Gasteiger partial charge >= 0.3 is 0 Å². The summed E-state index contributed by atoms with van der Waals surface area (Å²) in [7, 11) is -1.70. The summed E-state index contributed by atoms with van der Waals surface area (Å²) in [5, 5.41) is 9.92. The standard InChI is InChI=1S/C13H26O2Si/c1-8-9-12(14)11(2)10-15-16(6,7)13(3,4)5/h1,11-12,14H,9-10H2,2-7H3/t11-,12?/m1/s1. The fraction of sp³-hybridized carbons (Fsp3) is 0.846. The lowest BCUT2D eigenvalue weighted by Gasteiger charge is -2.37. The van der Waals surface area contributed by atoms with E-state index in [1.165, 1.54) is 0 Å². The van der Waals surface area contributed by atoms with Crippen molar-refractivity contribution in [2.75, 3.05) is 6.61 Å². The second-order valence-electron chi connectivity index (χ2n) is 6.02. The Morgan fingerprint density at radius 2 is 1.88 bits per heavy atom. The SMILES string of the molecule is C#CCC(O)[C@H](C)CO[Si](C)(C)C(C)(C)C. The zero-order valence-electron chi connectivity index (χ0n) is 11.5. The largest absolute Gasteiger partial charge is 0.416 e. The molecule has 0 rings (SSSR count). The van der Waals surface area contributed by atoms with E-state index in [-0.39, 0.29) is 11.0 Å². The molecule has 0 bridgehead atoms. The molecule has 0 aromatic carbocycles. The highest BCUT2D eigenvalue weighted by Gasteiger charge is 2.37. The first-order chi connectivity index (χ1) is 7.12. The van der Waals surface area contributed by atoms with Crippen LogP contribution in [0.25, 0.3) is 0 Å². The van der Waals surface area contributed by atoms with E-state index in [0.29, 0.717) is 13.0 Å². The predicted octanol–water partition coefficient (Wildman–Crippen LogP) is 3.03. The molecule has 3 heteroatoms. The average Bonchev–Trinajstić information content (AvgIpc) is 2.12. The van der Waals surface area contributed by atoms with E-state index < -0.39 is 14.4 Å². The molecule has 0 saturated heterocycles. The van der Waals surface area contributed by atoms with Gasteiger partial charge in [0.2, 0.25) is 0 Å². The minimum absolute atomic E-state index is 0.102. The van der Waals surface area contributed by atoms with Crippen LogP contribution in [-0.2, 0) is 4.43 Å². The van der Waals surface area contributed by atoms with Crippen molar-refractivity contribution in [3.8, 4) is 12.3 Å². The van der Waals surface area contributed by atoms with Crippen molar-refractivity contribution >= 4 is 8.32 Å². The molecule has 1 N–H and O–H groups in total. The van der Waals surface area contributed by atoms with Crippen molar-refractivity contribution in [3.05, 3.63) is 0 Å². The van der Waals surface area contributed by atoms with Crippen molar-refractivity contribution in [3.63, 3.8) is 0 Å². The van der Waals surface area contributed by atoms with Gasteiger partial charge < -0.3 is 9.53 Å². The molecule has 0 heterocycles. The van der Waals surface area contributed by atoms with Crippen molar-refractivity contribution < 1.29 is 9.53 Å². The van der Waals surface area contributed by atoms with Gasteiger partial charge in [0.1, 0.15) is 0 Å². The van der Waals surface area contributed by atoms with Crippen LogP contribution in [0.5, 0.6) is 0 Å². The number of rotatable bonds is 5. The van der Waals surface area contributed by atoms with Gasteiger partial charge in [0.25, 0.3) is 0 Å². The van der Waals surface area contributed by atoms with E-state index >= 15 is 0 Å². The fourth-order valence-electron chi connectivity index (χ4n) is 0.989. The average molecular weight is 242 g/mol. The number of hydrogen-bond acceptors (Lipinski definition) is 2. The zero-order chi connectivity index (χ0) is 13.0. The summed E-state index contributed by atoms with van der Waals surface area (Å²) >= 11 is 0.